The highest BCUT2D eigenvalue weighted by Gasteiger charge is 2.44. The molecular weight excluding hydrogens is 532 g/mol. The van der Waals surface area contributed by atoms with E-state index in [1.807, 2.05) is 57.5 Å². The van der Waals surface area contributed by atoms with Crippen molar-refractivity contribution in [2.45, 2.75) is 91.0 Å². The second-order valence-electron chi connectivity index (χ2n) is 11.4. The summed E-state index contributed by atoms with van der Waals surface area (Å²) in [4.78, 5) is 56.9. The molecule has 2 heterocycles. The van der Waals surface area contributed by atoms with E-state index < -0.39 is 35.5 Å². The fraction of sp³-hybridized carbons (Fsp3) is 0.552. The van der Waals surface area contributed by atoms with Crippen molar-refractivity contribution in [3.63, 3.8) is 0 Å². The summed E-state index contributed by atoms with van der Waals surface area (Å²) in [5.41, 5.74) is 4.10. The standard InChI is InChI=1S/C29H40N4O6S/c1-18-25(40-17-31-18)20-12-10-19(11-13-20)15-30-27(38)22-14-21(34)16-33(22)28(39)26(29(2,3)4)32-23(35)8-6-5-7-9-24(36)37/h10-13,17,21-22,26,34H,5-9,14-16H2,1-4H3,(H,30,38)(H,32,35)(H,36,37)/t21-,22-,26+/m1/s1. The maximum atomic E-state index is 13.6. The van der Waals surface area contributed by atoms with E-state index in [-0.39, 0.29) is 44.2 Å². The van der Waals surface area contributed by atoms with Gasteiger partial charge in [0, 0.05) is 32.4 Å². The van der Waals surface area contributed by atoms with E-state index in [9.17, 15) is 24.3 Å². The Morgan fingerprint density at radius 1 is 1.10 bits per heavy atom. The Balaban J connectivity index is 1.60. The Hall–Kier alpha value is -3.31. The fourth-order valence-corrected chi connectivity index (χ4v) is 5.56. The van der Waals surface area contributed by atoms with Gasteiger partial charge in [0.25, 0.3) is 0 Å². The molecule has 1 aliphatic heterocycles. The number of benzene rings is 1. The minimum atomic E-state index is -0.887. The van der Waals surface area contributed by atoms with Crippen LogP contribution in [0.1, 0.15) is 70.6 Å². The quantitative estimate of drug-likeness (QED) is 0.285. The van der Waals surface area contributed by atoms with Crippen LogP contribution in [0.15, 0.2) is 29.8 Å². The van der Waals surface area contributed by atoms with E-state index in [2.05, 4.69) is 15.6 Å². The Labute approximate surface area is 239 Å². The molecule has 1 aliphatic rings. The predicted octanol–water partition coefficient (Wildman–Crippen LogP) is 3.26. The highest BCUT2D eigenvalue weighted by atomic mass is 32.1. The van der Waals surface area contributed by atoms with Crippen LogP contribution in [0.5, 0.6) is 0 Å². The lowest BCUT2D eigenvalue weighted by Crippen LogP contribution is -2.57. The number of aryl methyl sites for hydroxylation is 1. The summed E-state index contributed by atoms with van der Waals surface area (Å²) in [6, 6.07) is 6.11. The van der Waals surface area contributed by atoms with Gasteiger partial charge in [0.2, 0.25) is 17.7 Å². The summed E-state index contributed by atoms with van der Waals surface area (Å²) in [5, 5.41) is 24.8. The van der Waals surface area contributed by atoms with Crippen LogP contribution >= 0.6 is 11.3 Å². The van der Waals surface area contributed by atoms with Crippen molar-refractivity contribution in [1.29, 1.82) is 0 Å². The van der Waals surface area contributed by atoms with Gasteiger partial charge in [0.1, 0.15) is 12.1 Å². The number of carboxylic acid groups (broad SMARTS) is 1. The molecule has 0 aliphatic carbocycles. The lowest BCUT2D eigenvalue weighted by atomic mass is 9.85. The summed E-state index contributed by atoms with van der Waals surface area (Å²) in [7, 11) is 0. The summed E-state index contributed by atoms with van der Waals surface area (Å²) in [5.74, 6) is -1.94. The van der Waals surface area contributed by atoms with Crippen molar-refractivity contribution in [2.24, 2.45) is 5.41 Å². The number of rotatable bonds is 12. The van der Waals surface area contributed by atoms with Gasteiger partial charge in [-0.2, -0.15) is 0 Å². The third-order valence-corrected chi connectivity index (χ3v) is 7.98. The van der Waals surface area contributed by atoms with Gasteiger partial charge in [0.15, 0.2) is 0 Å². The van der Waals surface area contributed by atoms with Crippen LogP contribution in [0.3, 0.4) is 0 Å². The molecular formula is C29H40N4O6S. The number of thiazole rings is 1. The zero-order valence-electron chi connectivity index (χ0n) is 23.6. The van der Waals surface area contributed by atoms with Gasteiger partial charge in [-0.05, 0) is 36.3 Å². The minimum Gasteiger partial charge on any atom is -0.481 e. The predicted molar refractivity (Wildman–Crippen MR) is 152 cm³/mol. The number of carboxylic acids is 1. The average molecular weight is 573 g/mol. The molecule has 1 saturated heterocycles. The molecule has 218 valence electrons. The number of aliphatic carboxylic acids is 1. The zero-order valence-corrected chi connectivity index (χ0v) is 24.4. The summed E-state index contributed by atoms with van der Waals surface area (Å²) in [6.45, 7) is 7.75. The SMILES string of the molecule is Cc1ncsc1-c1ccc(CNC(=O)[C@H]2C[C@@H](O)CN2C(=O)[C@H](NC(=O)CCCCCC(=O)O)C(C)(C)C)cc1. The first-order valence-electron chi connectivity index (χ1n) is 13.6. The number of hydrogen-bond donors (Lipinski definition) is 4. The van der Waals surface area contributed by atoms with Crippen molar-refractivity contribution < 1.29 is 29.4 Å². The van der Waals surface area contributed by atoms with Gasteiger partial charge in [-0.1, -0.05) is 51.5 Å². The summed E-state index contributed by atoms with van der Waals surface area (Å²) >= 11 is 1.57. The van der Waals surface area contributed by atoms with Crippen LogP contribution in [0.4, 0.5) is 0 Å². The van der Waals surface area contributed by atoms with Crippen molar-refractivity contribution in [1.82, 2.24) is 20.5 Å². The Morgan fingerprint density at radius 2 is 1.77 bits per heavy atom. The fourth-order valence-electron chi connectivity index (χ4n) is 4.75. The number of likely N-dealkylation sites (tertiary alicyclic amines) is 1. The topological polar surface area (TPSA) is 149 Å². The molecule has 0 radical (unpaired) electrons. The first kappa shape index (κ1) is 31.2. The number of carbonyl (C=O) groups excluding carboxylic acids is 3. The number of β-amino-alcohol motifs (C(OH)–C–C–N with tert-alkyl or cyclic N) is 1. The number of aromatic nitrogens is 1. The molecule has 3 rings (SSSR count). The van der Waals surface area contributed by atoms with Crippen LogP contribution in [-0.2, 0) is 25.7 Å². The Kier molecular flexibility index (Phi) is 10.8. The van der Waals surface area contributed by atoms with E-state index in [4.69, 9.17) is 5.11 Å². The number of nitrogens with zero attached hydrogens (tertiary/aromatic N) is 2. The normalized spacial score (nSPS) is 17.9. The molecule has 0 bridgehead atoms. The molecule has 0 saturated carbocycles. The number of aliphatic hydroxyl groups excluding tert-OH is 1. The van der Waals surface area contributed by atoms with Crippen molar-refractivity contribution in [2.75, 3.05) is 6.54 Å². The van der Waals surface area contributed by atoms with E-state index in [0.717, 1.165) is 21.7 Å². The number of aliphatic hydroxyl groups is 1. The first-order valence-corrected chi connectivity index (χ1v) is 14.5. The van der Waals surface area contributed by atoms with E-state index in [0.29, 0.717) is 19.3 Å². The monoisotopic (exact) mass is 572 g/mol. The van der Waals surface area contributed by atoms with Crippen LogP contribution in [0.2, 0.25) is 0 Å². The lowest BCUT2D eigenvalue weighted by Gasteiger charge is -2.35. The first-order chi connectivity index (χ1) is 18.9. The smallest absolute Gasteiger partial charge is 0.303 e. The van der Waals surface area contributed by atoms with Crippen molar-refractivity contribution in [3.05, 3.63) is 41.0 Å². The molecule has 1 aromatic carbocycles. The molecule has 3 atom stereocenters. The number of carbonyl (C=O) groups is 4. The largest absolute Gasteiger partial charge is 0.481 e. The molecule has 10 nitrogen and oxygen atoms in total. The number of unbranched alkanes of at least 4 members (excludes halogenated alkanes) is 2. The Bertz CT molecular complexity index is 1190. The van der Waals surface area contributed by atoms with Gasteiger partial charge in [-0.15, -0.1) is 11.3 Å². The van der Waals surface area contributed by atoms with E-state index >= 15 is 0 Å². The molecule has 1 fully saturated rings. The zero-order chi connectivity index (χ0) is 29.4. The number of amides is 3. The highest BCUT2D eigenvalue weighted by Crippen LogP contribution is 2.28. The molecule has 0 unspecified atom stereocenters. The molecule has 11 heteroatoms. The van der Waals surface area contributed by atoms with Crippen LogP contribution < -0.4 is 10.6 Å². The third kappa shape index (κ3) is 8.59. The second kappa shape index (κ2) is 13.8. The molecule has 4 N–H and O–H groups in total. The number of hydrogen-bond acceptors (Lipinski definition) is 7. The van der Waals surface area contributed by atoms with E-state index in [1.165, 1.54) is 4.90 Å². The Morgan fingerprint density at radius 3 is 2.38 bits per heavy atom. The van der Waals surface area contributed by atoms with Gasteiger partial charge in [-0.25, -0.2) is 4.98 Å². The van der Waals surface area contributed by atoms with Gasteiger partial charge in [0.05, 0.1) is 22.2 Å². The maximum Gasteiger partial charge on any atom is 0.303 e. The van der Waals surface area contributed by atoms with Gasteiger partial charge < -0.3 is 25.7 Å². The lowest BCUT2D eigenvalue weighted by molar-refractivity contribution is -0.144. The molecule has 2 aromatic rings. The molecule has 1 aromatic heterocycles. The molecule has 3 amide bonds. The second-order valence-corrected chi connectivity index (χ2v) is 12.3. The van der Waals surface area contributed by atoms with Crippen molar-refractivity contribution >= 4 is 35.0 Å². The number of nitrogens with one attached hydrogen (secondary N) is 2. The highest BCUT2D eigenvalue weighted by molar-refractivity contribution is 7.13. The molecule has 0 spiro atoms. The summed E-state index contributed by atoms with van der Waals surface area (Å²) < 4.78 is 0. The van der Waals surface area contributed by atoms with E-state index in [1.54, 1.807) is 11.3 Å². The maximum absolute atomic E-state index is 13.6. The van der Waals surface area contributed by atoms with Crippen molar-refractivity contribution in [3.8, 4) is 10.4 Å². The summed E-state index contributed by atoms with van der Waals surface area (Å²) in [6.07, 6.45) is 1.12. The minimum absolute atomic E-state index is 0.0114. The molecule has 40 heavy (non-hydrogen) atoms. The average Bonchev–Trinajstić information content (AvgIpc) is 3.50. The van der Waals surface area contributed by atoms with Crippen LogP contribution in [0.25, 0.3) is 10.4 Å². The van der Waals surface area contributed by atoms with Crippen LogP contribution in [-0.4, -0.2) is 68.5 Å². The van der Waals surface area contributed by atoms with Crippen LogP contribution in [0, 0.1) is 12.3 Å². The van der Waals surface area contributed by atoms with Gasteiger partial charge in [-0.3, -0.25) is 19.2 Å². The van der Waals surface area contributed by atoms with Gasteiger partial charge >= 0.3 is 5.97 Å². The third-order valence-electron chi connectivity index (χ3n) is 7.01.